The first kappa shape index (κ1) is 15.0. The third-order valence-electron chi connectivity index (χ3n) is 2.68. The topological polar surface area (TPSA) is 20.2 Å². The zero-order valence-corrected chi connectivity index (χ0v) is 13.6. The average molecular weight is 408 g/mol. The molecule has 1 nitrogen and oxygen atoms in total. The van der Waals surface area contributed by atoms with Crippen molar-refractivity contribution in [2.75, 3.05) is 0 Å². The van der Waals surface area contributed by atoms with E-state index in [1.165, 1.54) is 6.07 Å². The van der Waals surface area contributed by atoms with Crippen LogP contribution >= 0.6 is 43.5 Å². The number of hydrogen-bond donors (Lipinski definition) is 1. The molecule has 1 unspecified atom stereocenters. The van der Waals surface area contributed by atoms with Crippen LogP contribution in [0, 0.1) is 5.82 Å². The monoisotopic (exact) mass is 406 g/mol. The third kappa shape index (κ3) is 4.02. The van der Waals surface area contributed by atoms with Gasteiger partial charge in [-0.3, -0.25) is 0 Å². The fourth-order valence-corrected chi connectivity index (χ4v) is 3.09. The smallest absolute Gasteiger partial charge is 0.137 e. The van der Waals surface area contributed by atoms with Crippen molar-refractivity contribution in [1.82, 2.24) is 0 Å². The molecule has 0 saturated carbocycles. The van der Waals surface area contributed by atoms with Crippen LogP contribution in [-0.2, 0) is 6.42 Å². The standard InChI is InChI=1S/C14H10Br2ClFO/c15-10-5-9(6-11(17)7-10)14(19)4-8-1-2-13(18)12(16)3-8/h1-3,5-7,14,19H,4H2. The van der Waals surface area contributed by atoms with Gasteiger partial charge >= 0.3 is 0 Å². The molecule has 0 bridgehead atoms. The van der Waals surface area contributed by atoms with E-state index < -0.39 is 6.10 Å². The van der Waals surface area contributed by atoms with Crippen LogP contribution in [0.1, 0.15) is 17.2 Å². The summed E-state index contributed by atoms with van der Waals surface area (Å²) in [6.07, 6.45) is -0.293. The summed E-state index contributed by atoms with van der Waals surface area (Å²) in [5.41, 5.74) is 1.57. The Morgan fingerprint density at radius 2 is 1.89 bits per heavy atom. The van der Waals surface area contributed by atoms with Crippen molar-refractivity contribution in [3.8, 4) is 0 Å². The Morgan fingerprint density at radius 1 is 1.16 bits per heavy atom. The summed E-state index contributed by atoms with van der Waals surface area (Å²) in [4.78, 5) is 0. The second kappa shape index (κ2) is 6.35. The van der Waals surface area contributed by atoms with Crippen molar-refractivity contribution >= 4 is 43.5 Å². The van der Waals surface area contributed by atoms with Gasteiger partial charge in [-0.15, -0.1) is 0 Å². The molecule has 0 amide bonds. The van der Waals surface area contributed by atoms with Gasteiger partial charge in [-0.2, -0.15) is 0 Å². The minimum absolute atomic E-state index is 0.316. The van der Waals surface area contributed by atoms with Gasteiger partial charge in [-0.05, 0) is 57.4 Å². The molecule has 0 radical (unpaired) electrons. The lowest BCUT2D eigenvalue weighted by molar-refractivity contribution is 0.178. The van der Waals surface area contributed by atoms with Crippen LogP contribution in [0.4, 0.5) is 4.39 Å². The van der Waals surface area contributed by atoms with E-state index >= 15 is 0 Å². The second-order valence-corrected chi connectivity index (χ2v) is 6.38. The Labute approximate surface area is 132 Å². The predicted molar refractivity (Wildman–Crippen MR) is 81.9 cm³/mol. The Kier molecular flexibility index (Phi) is 5.01. The van der Waals surface area contributed by atoms with Gasteiger partial charge in [-0.25, -0.2) is 4.39 Å². The maximum atomic E-state index is 13.1. The second-order valence-electron chi connectivity index (χ2n) is 4.17. The van der Waals surface area contributed by atoms with Gasteiger partial charge in [-0.1, -0.05) is 33.6 Å². The Bertz CT molecular complexity index is 584. The highest BCUT2D eigenvalue weighted by atomic mass is 79.9. The van der Waals surface area contributed by atoms with Gasteiger partial charge in [0.15, 0.2) is 0 Å². The Balaban J connectivity index is 2.20. The average Bonchev–Trinajstić information content (AvgIpc) is 2.32. The van der Waals surface area contributed by atoms with Gasteiger partial charge in [0.05, 0.1) is 10.6 Å². The molecule has 0 spiro atoms. The summed E-state index contributed by atoms with van der Waals surface area (Å²) >= 11 is 12.4. The summed E-state index contributed by atoms with van der Waals surface area (Å²) in [6.45, 7) is 0. The predicted octanol–water partition coefficient (Wildman–Crippen LogP) is 5.28. The lowest BCUT2D eigenvalue weighted by atomic mass is 10.0. The minimum atomic E-state index is -0.688. The van der Waals surface area contributed by atoms with E-state index in [-0.39, 0.29) is 5.82 Å². The first-order chi connectivity index (χ1) is 8.95. The molecule has 0 fully saturated rings. The Hall–Kier alpha value is -0.420. The quantitative estimate of drug-likeness (QED) is 0.733. The summed E-state index contributed by atoms with van der Waals surface area (Å²) in [5.74, 6) is -0.316. The van der Waals surface area contributed by atoms with Crippen LogP contribution in [0.25, 0.3) is 0 Å². The molecule has 0 heterocycles. The van der Waals surface area contributed by atoms with Crippen molar-refractivity contribution in [2.45, 2.75) is 12.5 Å². The van der Waals surface area contributed by atoms with Crippen LogP contribution in [0.3, 0.4) is 0 Å². The summed E-state index contributed by atoms with van der Waals surface area (Å²) in [5, 5.41) is 10.8. The van der Waals surface area contributed by atoms with Crippen molar-refractivity contribution < 1.29 is 9.50 Å². The number of rotatable bonds is 3. The van der Waals surface area contributed by atoms with E-state index in [4.69, 9.17) is 11.6 Å². The van der Waals surface area contributed by atoms with Crippen molar-refractivity contribution in [3.05, 3.63) is 67.3 Å². The molecule has 100 valence electrons. The molecule has 1 atom stereocenters. The SMILES string of the molecule is OC(Cc1ccc(F)c(Br)c1)c1cc(Cl)cc(Br)c1. The molecule has 2 aromatic carbocycles. The van der Waals surface area contributed by atoms with E-state index in [2.05, 4.69) is 31.9 Å². The van der Waals surface area contributed by atoms with Gasteiger partial charge in [0, 0.05) is 15.9 Å². The molecule has 2 rings (SSSR count). The van der Waals surface area contributed by atoms with Crippen LogP contribution in [0.15, 0.2) is 45.3 Å². The van der Waals surface area contributed by atoms with Gasteiger partial charge in [0.1, 0.15) is 5.82 Å². The fourth-order valence-electron chi connectivity index (χ4n) is 1.78. The van der Waals surface area contributed by atoms with E-state index in [1.807, 2.05) is 6.07 Å². The van der Waals surface area contributed by atoms with E-state index in [0.29, 0.717) is 15.9 Å². The number of benzene rings is 2. The van der Waals surface area contributed by atoms with Crippen molar-refractivity contribution in [1.29, 1.82) is 0 Å². The minimum Gasteiger partial charge on any atom is -0.388 e. The maximum absolute atomic E-state index is 13.1. The molecular formula is C14H10Br2ClFO. The number of halogens is 4. The molecule has 2 aromatic rings. The number of aliphatic hydroxyl groups excluding tert-OH is 1. The molecule has 0 aliphatic heterocycles. The highest BCUT2D eigenvalue weighted by Gasteiger charge is 2.11. The molecule has 1 N–H and O–H groups in total. The van der Waals surface area contributed by atoms with Crippen molar-refractivity contribution in [2.24, 2.45) is 0 Å². The summed E-state index contributed by atoms with van der Waals surface area (Å²) in [7, 11) is 0. The third-order valence-corrected chi connectivity index (χ3v) is 3.97. The zero-order chi connectivity index (χ0) is 14.0. The van der Waals surface area contributed by atoms with Crippen LogP contribution < -0.4 is 0 Å². The van der Waals surface area contributed by atoms with Crippen LogP contribution in [-0.4, -0.2) is 5.11 Å². The molecule has 0 aliphatic rings. The first-order valence-electron chi connectivity index (χ1n) is 5.53. The number of hydrogen-bond acceptors (Lipinski definition) is 1. The lowest BCUT2D eigenvalue weighted by Crippen LogP contribution is -2.02. The van der Waals surface area contributed by atoms with Crippen molar-refractivity contribution in [3.63, 3.8) is 0 Å². The normalized spacial score (nSPS) is 12.5. The molecular weight excluding hydrogens is 398 g/mol. The maximum Gasteiger partial charge on any atom is 0.137 e. The highest BCUT2D eigenvalue weighted by molar-refractivity contribution is 9.10. The van der Waals surface area contributed by atoms with Crippen LogP contribution in [0.2, 0.25) is 5.02 Å². The Morgan fingerprint density at radius 3 is 2.53 bits per heavy atom. The lowest BCUT2D eigenvalue weighted by Gasteiger charge is -2.12. The highest BCUT2D eigenvalue weighted by Crippen LogP contribution is 2.27. The zero-order valence-electron chi connectivity index (χ0n) is 9.71. The van der Waals surface area contributed by atoms with E-state index in [0.717, 1.165) is 15.6 Å². The van der Waals surface area contributed by atoms with Gasteiger partial charge in [0.2, 0.25) is 0 Å². The summed E-state index contributed by atoms with van der Waals surface area (Å²) < 4.78 is 14.3. The largest absolute Gasteiger partial charge is 0.388 e. The molecule has 0 aliphatic carbocycles. The first-order valence-corrected chi connectivity index (χ1v) is 7.50. The number of aliphatic hydroxyl groups is 1. The van der Waals surface area contributed by atoms with Gasteiger partial charge in [0.25, 0.3) is 0 Å². The molecule has 19 heavy (non-hydrogen) atoms. The molecule has 0 saturated heterocycles. The van der Waals surface area contributed by atoms with Crippen LogP contribution in [0.5, 0.6) is 0 Å². The van der Waals surface area contributed by atoms with Gasteiger partial charge < -0.3 is 5.11 Å². The molecule has 0 aromatic heterocycles. The van der Waals surface area contributed by atoms with E-state index in [9.17, 15) is 9.50 Å². The molecule has 5 heteroatoms. The van der Waals surface area contributed by atoms with E-state index in [1.54, 1.807) is 24.3 Å². The fraction of sp³-hybridized carbons (Fsp3) is 0.143. The summed E-state index contributed by atoms with van der Waals surface area (Å²) in [6, 6.07) is 9.98.